The fourth-order valence-electron chi connectivity index (χ4n) is 10.2. The van der Waals surface area contributed by atoms with Crippen LogP contribution in [0.3, 0.4) is 0 Å². The Hall–Kier alpha value is -8.18. The van der Waals surface area contributed by atoms with E-state index < -0.39 is 102 Å². The molecule has 0 unspecified atom stereocenters. The van der Waals surface area contributed by atoms with Gasteiger partial charge >= 0.3 is 5.97 Å². The van der Waals surface area contributed by atoms with Crippen molar-refractivity contribution < 1.29 is 62.1 Å². The van der Waals surface area contributed by atoms with Gasteiger partial charge in [-0.1, -0.05) is 43.7 Å². The molecule has 5 heterocycles. The maximum Gasteiger partial charge on any atom is 0.343 e. The van der Waals surface area contributed by atoms with Gasteiger partial charge in [-0.25, -0.2) is 14.2 Å². The first kappa shape index (κ1) is 57.0. The number of unbranched alkanes of at least 4 members (excludes halogenated alkanes) is 2. The van der Waals surface area contributed by atoms with Crippen LogP contribution in [0.4, 0.5) is 4.39 Å². The number of halogens is 1. The third kappa shape index (κ3) is 12.7. The Kier molecular flexibility index (Phi) is 17.2. The van der Waals surface area contributed by atoms with Gasteiger partial charge in [-0.05, 0) is 88.1 Å². The van der Waals surface area contributed by atoms with Gasteiger partial charge < -0.3 is 51.0 Å². The van der Waals surface area contributed by atoms with Gasteiger partial charge in [-0.3, -0.25) is 48.1 Å². The number of hydrogen-bond donors (Lipinski definition) is 7. The molecular formula is C56H64FN9O13. The summed E-state index contributed by atoms with van der Waals surface area (Å²) in [6.45, 7) is 6.55. The molecule has 8 rings (SSSR count). The summed E-state index contributed by atoms with van der Waals surface area (Å²) < 4.78 is 28.3. The number of esters is 1. The summed E-state index contributed by atoms with van der Waals surface area (Å²) in [5.41, 5.74) is 0.668. The zero-order chi connectivity index (χ0) is 56.9. The average molecular weight is 1090 g/mol. The normalized spacial score (nSPS) is 17.7. The molecule has 0 bridgehead atoms. The summed E-state index contributed by atoms with van der Waals surface area (Å²) in [5.74, 6) is -6.14. The molecule has 23 heteroatoms. The number of nitrogens with zero attached hydrogens (tertiary/aromatic N) is 3. The van der Waals surface area contributed by atoms with E-state index in [0.29, 0.717) is 70.3 Å². The topological polar surface area (TPSA) is 303 Å². The highest BCUT2D eigenvalue weighted by molar-refractivity contribution is 6.12. The lowest BCUT2D eigenvalue weighted by Crippen LogP contribution is -2.55. The van der Waals surface area contributed by atoms with Crippen molar-refractivity contribution in [1.29, 1.82) is 0 Å². The molecule has 0 saturated heterocycles. The second-order valence-corrected chi connectivity index (χ2v) is 21.0. The van der Waals surface area contributed by atoms with Crippen molar-refractivity contribution in [2.75, 3.05) is 32.8 Å². The number of imide groups is 1. The Bertz CT molecular complexity index is 3230. The van der Waals surface area contributed by atoms with Gasteiger partial charge in [0.2, 0.25) is 35.4 Å². The van der Waals surface area contributed by atoms with E-state index in [9.17, 15) is 53.1 Å². The van der Waals surface area contributed by atoms with Gasteiger partial charge in [-0.2, -0.15) is 0 Å². The molecule has 22 nitrogen and oxygen atoms in total. The molecule has 79 heavy (non-hydrogen) atoms. The minimum atomic E-state index is -2.09. The second-order valence-electron chi connectivity index (χ2n) is 21.0. The molecule has 0 fully saturated rings. The number of aryl methyl sites for hydroxylation is 1. The number of benzene rings is 2. The predicted molar refractivity (Wildman–Crippen MR) is 281 cm³/mol. The number of hydrogen-bond acceptors (Lipinski definition) is 14. The summed E-state index contributed by atoms with van der Waals surface area (Å²) in [6.07, 6.45) is 4.58. The van der Waals surface area contributed by atoms with Gasteiger partial charge in [0.1, 0.15) is 24.5 Å². The average Bonchev–Trinajstić information content (AvgIpc) is 4.07. The van der Waals surface area contributed by atoms with E-state index in [1.807, 2.05) is 0 Å². The lowest BCUT2D eigenvalue weighted by molar-refractivity contribution is -0.172. The number of rotatable bonds is 22. The van der Waals surface area contributed by atoms with Gasteiger partial charge in [-0.15, -0.1) is 0 Å². The monoisotopic (exact) mass is 1090 g/mol. The Morgan fingerprint density at radius 1 is 0.848 bits per heavy atom. The number of pyridine rings is 2. The molecular weight excluding hydrogens is 1030 g/mol. The Morgan fingerprint density at radius 3 is 2.22 bits per heavy atom. The Labute approximate surface area is 453 Å². The SMILES string of the molecule is CC[C@@]1(O)C(=O)OCc2c1cc1n(c2=O)Cc2c-1nc1cc(F)c(C)c3c1c2[C@@H](NC(=O)[C@H](COC(C)(C)C)NC(=O)CNC(=O)[C@H](Cc1ccccc1)NC(=O)CNC(=O)CNC(=O)CCCCCN1C(=O)C=CC1=O)CC3. The van der Waals surface area contributed by atoms with Gasteiger partial charge in [0, 0.05) is 54.1 Å². The smallest absolute Gasteiger partial charge is 0.343 e. The highest BCUT2D eigenvalue weighted by Crippen LogP contribution is 2.46. The molecule has 4 atom stereocenters. The molecule has 3 aliphatic heterocycles. The van der Waals surface area contributed by atoms with E-state index in [1.54, 1.807) is 71.0 Å². The first-order valence-electron chi connectivity index (χ1n) is 26.3. The van der Waals surface area contributed by atoms with Gasteiger partial charge in [0.05, 0.1) is 66.9 Å². The number of aliphatic hydroxyl groups is 1. The number of cyclic esters (lactones) is 1. The summed E-state index contributed by atoms with van der Waals surface area (Å²) in [4.78, 5) is 137. The number of fused-ring (bicyclic) bond motifs is 5. The van der Waals surface area contributed by atoms with E-state index >= 15 is 4.39 Å². The van der Waals surface area contributed by atoms with Crippen molar-refractivity contribution >= 4 is 64.1 Å². The first-order valence-corrected chi connectivity index (χ1v) is 26.3. The molecule has 2 aromatic heterocycles. The number of ether oxygens (including phenoxy) is 2. The zero-order valence-electron chi connectivity index (χ0n) is 44.6. The van der Waals surface area contributed by atoms with Gasteiger partial charge in [0.15, 0.2) is 5.60 Å². The summed E-state index contributed by atoms with van der Waals surface area (Å²) in [6, 6.07) is 8.28. The number of carbonyl (C=O) groups excluding carboxylic acids is 9. The number of aromatic nitrogens is 2. The van der Waals surface area contributed by atoms with Crippen LogP contribution in [0.2, 0.25) is 0 Å². The minimum absolute atomic E-state index is 0.00127. The quantitative estimate of drug-likeness (QED) is 0.0294. The molecule has 2 aromatic carbocycles. The van der Waals surface area contributed by atoms with Crippen molar-refractivity contribution in [3.05, 3.63) is 110 Å². The van der Waals surface area contributed by atoms with Gasteiger partial charge in [0.25, 0.3) is 17.4 Å². The van der Waals surface area contributed by atoms with E-state index in [0.717, 1.165) is 4.90 Å². The van der Waals surface area contributed by atoms with Crippen LogP contribution in [0.25, 0.3) is 22.3 Å². The molecule has 418 valence electrons. The van der Waals surface area contributed by atoms with Crippen molar-refractivity contribution in [1.82, 2.24) is 46.4 Å². The summed E-state index contributed by atoms with van der Waals surface area (Å²) in [5, 5.41) is 27.9. The Balaban J connectivity index is 0.913. The van der Waals surface area contributed by atoms with E-state index in [1.165, 1.54) is 22.8 Å². The summed E-state index contributed by atoms with van der Waals surface area (Å²) >= 11 is 0. The standard InChI is InChI=1S/C56H64FN9O13/c1-6-56(77)35-22-41-50-33(27-66(41)53(75)34(35)28-78-54(56)76)49-37(17-16-32-30(2)36(57)23-38(63-50)48(32)49)64-52(74)40(29-79-55(3,4)5)62-45(70)26-60-51(73)39(21-31-13-9-7-10-14-31)61-44(69)25-59-43(68)24-58-42(67)15-11-8-12-20-65-46(71)18-19-47(65)72/h7,9-10,13-14,18-19,22-23,37,39-40,77H,6,8,11-12,15-17,20-21,24-29H2,1-5H3,(H,58,67)(H,59,68)(H,60,73)(H,61,69)(H,62,70)(H,64,74)/t37-,39-,40-,56-/m0/s1. The molecule has 1 aliphatic carbocycles. The zero-order valence-corrected chi connectivity index (χ0v) is 44.6. The molecule has 0 radical (unpaired) electrons. The first-order chi connectivity index (χ1) is 37.6. The third-order valence-corrected chi connectivity index (χ3v) is 14.5. The fourth-order valence-corrected chi connectivity index (χ4v) is 10.2. The molecule has 4 aliphatic rings. The molecule has 7 N–H and O–H groups in total. The summed E-state index contributed by atoms with van der Waals surface area (Å²) in [7, 11) is 0. The number of nitrogens with one attached hydrogen (secondary N) is 6. The van der Waals surface area contributed by atoms with Crippen LogP contribution in [-0.4, -0.2) is 123 Å². The third-order valence-electron chi connectivity index (χ3n) is 14.5. The molecule has 0 saturated carbocycles. The van der Waals surface area contributed by atoms with Crippen molar-refractivity contribution in [3.63, 3.8) is 0 Å². The molecule has 8 amide bonds. The van der Waals surface area contributed by atoms with Crippen LogP contribution in [0.5, 0.6) is 0 Å². The fraction of sp³-hybridized carbons (Fsp3) is 0.446. The van der Waals surface area contributed by atoms with Crippen molar-refractivity contribution in [3.8, 4) is 11.4 Å². The maximum absolute atomic E-state index is 15.6. The number of amides is 8. The molecule has 0 spiro atoms. The van der Waals surface area contributed by atoms with Crippen LogP contribution in [0.15, 0.2) is 59.4 Å². The van der Waals surface area contributed by atoms with Crippen LogP contribution in [0, 0.1) is 12.7 Å². The van der Waals surface area contributed by atoms with Crippen LogP contribution < -0.4 is 37.5 Å². The van der Waals surface area contributed by atoms with E-state index in [4.69, 9.17) is 14.5 Å². The highest BCUT2D eigenvalue weighted by Gasteiger charge is 2.46. The van der Waals surface area contributed by atoms with Crippen LogP contribution in [0.1, 0.15) is 111 Å². The number of carbonyl (C=O) groups is 9. The largest absolute Gasteiger partial charge is 0.458 e. The van der Waals surface area contributed by atoms with Crippen LogP contribution >= 0.6 is 0 Å². The predicted octanol–water partition coefficient (Wildman–Crippen LogP) is 1.49. The lowest BCUT2D eigenvalue weighted by Gasteiger charge is -2.32. The van der Waals surface area contributed by atoms with Crippen molar-refractivity contribution in [2.45, 2.75) is 128 Å². The van der Waals surface area contributed by atoms with Crippen molar-refractivity contribution in [2.24, 2.45) is 0 Å². The second kappa shape index (κ2) is 23.8. The Morgan fingerprint density at radius 2 is 1.52 bits per heavy atom. The van der Waals surface area contributed by atoms with E-state index in [2.05, 4.69) is 31.9 Å². The maximum atomic E-state index is 15.6. The lowest BCUT2D eigenvalue weighted by atomic mass is 9.81. The minimum Gasteiger partial charge on any atom is -0.458 e. The molecule has 4 aromatic rings. The van der Waals surface area contributed by atoms with Crippen LogP contribution in [-0.2, 0) is 84.2 Å². The van der Waals surface area contributed by atoms with E-state index in [-0.39, 0.29) is 80.4 Å². The highest BCUT2D eigenvalue weighted by atomic mass is 19.1.